The van der Waals surface area contributed by atoms with Crippen molar-refractivity contribution in [1.82, 2.24) is 10.6 Å². The summed E-state index contributed by atoms with van der Waals surface area (Å²) in [5.74, 6) is -0.0961. The number of hydrogen-bond donors (Lipinski definition) is 2. The van der Waals surface area contributed by atoms with E-state index >= 15 is 0 Å². The van der Waals surface area contributed by atoms with Crippen LogP contribution in [-0.4, -0.2) is 216 Å². The third kappa shape index (κ3) is 49.8. The van der Waals surface area contributed by atoms with E-state index < -0.39 is 0 Å². The molecule has 21 nitrogen and oxygen atoms in total. The molecule has 0 saturated carbocycles. The molecule has 0 spiro atoms. The van der Waals surface area contributed by atoms with Crippen LogP contribution in [-0.2, 0) is 75.9 Å². The third-order valence-corrected chi connectivity index (χ3v) is 6.95. The highest BCUT2D eigenvalue weighted by atomic mass is 16.6. The molecule has 0 fully saturated rings. The van der Waals surface area contributed by atoms with E-state index in [4.69, 9.17) is 71.8 Å². The summed E-state index contributed by atoms with van der Waals surface area (Å²) in [6.45, 7) is 15.8. The summed E-state index contributed by atoms with van der Waals surface area (Å²) >= 11 is 0. The van der Waals surface area contributed by atoms with E-state index in [0.717, 1.165) is 6.42 Å². The van der Waals surface area contributed by atoms with Crippen LogP contribution in [0.2, 0.25) is 0 Å². The van der Waals surface area contributed by atoms with Crippen LogP contribution in [0.1, 0.15) is 26.2 Å². The standard InChI is InChI=1S/C37H73N5O16/c1-2-5-39-36(43)3-8-45-12-16-49-20-24-53-28-30-55-26-22-51-18-14-47-10-6-40-37(44)4-9-46-13-17-50-21-25-54-29-32-57-34-35-58-33-31-56-27-23-52-19-15-48-11-7-41-42-38/h2-35H2,1H3,(H,39,43)(H,40,44). The van der Waals surface area contributed by atoms with Gasteiger partial charge in [0.25, 0.3) is 0 Å². The zero-order valence-corrected chi connectivity index (χ0v) is 34.9. The summed E-state index contributed by atoms with van der Waals surface area (Å²) in [4.78, 5) is 26.0. The van der Waals surface area contributed by atoms with Crippen molar-refractivity contribution in [3.05, 3.63) is 10.4 Å². The summed E-state index contributed by atoms with van der Waals surface area (Å²) < 4.78 is 75.9. The average molecular weight is 844 g/mol. The largest absolute Gasteiger partial charge is 0.379 e. The second-order valence-corrected chi connectivity index (χ2v) is 11.7. The molecule has 0 atom stereocenters. The lowest BCUT2D eigenvalue weighted by Crippen LogP contribution is -2.28. The van der Waals surface area contributed by atoms with Crippen molar-refractivity contribution in [3.63, 3.8) is 0 Å². The van der Waals surface area contributed by atoms with Crippen LogP contribution < -0.4 is 10.6 Å². The molecule has 0 heterocycles. The third-order valence-electron chi connectivity index (χ3n) is 6.95. The van der Waals surface area contributed by atoms with Crippen LogP contribution in [0.15, 0.2) is 5.11 Å². The molecule has 342 valence electrons. The van der Waals surface area contributed by atoms with Gasteiger partial charge in [0.05, 0.1) is 185 Å². The first-order valence-corrected chi connectivity index (χ1v) is 20.3. The van der Waals surface area contributed by atoms with Crippen LogP contribution in [0.3, 0.4) is 0 Å². The molecule has 2 N–H and O–H groups in total. The van der Waals surface area contributed by atoms with E-state index in [1.54, 1.807) is 0 Å². The zero-order chi connectivity index (χ0) is 41.9. The maximum Gasteiger partial charge on any atom is 0.222 e. The average Bonchev–Trinajstić information content (AvgIpc) is 3.23. The Hall–Kier alpha value is -2.31. The van der Waals surface area contributed by atoms with Gasteiger partial charge in [0.1, 0.15) is 0 Å². The number of nitrogens with one attached hydrogen (secondary N) is 2. The zero-order valence-electron chi connectivity index (χ0n) is 34.9. The first-order valence-electron chi connectivity index (χ1n) is 20.3. The number of azide groups is 1. The Balaban J connectivity index is 3.17. The lowest BCUT2D eigenvalue weighted by Gasteiger charge is -2.09. The maximum absolute atomic E-state index is 11.9. The molecule has 2 amide bonds. The Morgan fingerprint density at radius 2 is 0.621 bits per heavy atom. The number of nitrogens with zero attached hydrogens (tertiary/aromatic N) is 3. The topological polar surface area (TPSA) is 236 Å². The van der Waals surface area contributed by atoms with Gasteiger partial charge in [-0.3, -0.25) is 9.59 Å². The van der Waals surface area contributed by atoms with Crippen molar-refractivity contribution < 1.29 is 75.9 Å². The molecule has 0 rings (SSSR count). The van der Waals surface area contributed by atoms with Gasteiger partial charge in [-0.25, -0.2) is 0 Å². The molecule has 0 aliphatic carbocycles. The predicted molar refractivity (Wildman–Crippen MR) is 211 cm³/mol. The summed E-state index contributed by atoms with van der Waals surface area (Å²) in [7, 11) is 0. The minimum Gasteiger partial charge on any atom is -0.379 e. The monoisotopic (exact) mass is 844 g/mol. The van der Waals surface area contributed by atoms with Crippen molar-refractivity contribution in [2.45, 2.75) is 26.2 Å². The van der Waals surface area contributed by atoms with Crippen LogP contribution >= 0.6 is 0 Å². The smallest absolute Gasteiger partial charge is 0.222 e. The van der Waals surface area contributed by atoms with Gasteiger partial charge < -0.3 is 76.9 Å². The Morgan fingerprint density at radius 1 is 0.379 bits per heavy atom. The van der Waals surface area contributed by atoms with Gasteiger partial charge in [-0.1, -0.05) is 12.0 Å². The maximum atomic E-state index is 11.9. The van der Waals surface area contributed by atoms with Gasteiger partial charge in [-0.2, -0.15) is 0 Å². The first kappa shape index (κ1) is 55.7. The van der Waals surface area contributed by atoms with Gasteiger partial charge in [0.15, 0.2) is 0 Å². The first-order chi connectivity index (χ1) is 28.7. The molecule has 0 aromatic rings. The van der Waals surface area contributed by atoms with Crippen molar-refractivity contribution >= 4 is 11.8 Å². The van der Waals surface area contributed by atoms with E-state index in [9.17, 15) is 9.59 Å². The number of carbonyl (C=O) groups is 2. The van der Waals surface area contributed by atoms with Gasteiger partial charge in [-0.05, 0) is 12.0 Å². The van der Waals surface area contributed by atoms with E-state index in [0.29, 0.717) is 211 Å². The molecule has 0 aliphatic heterocycles. The Morgan fingerprint density at radius 3 is 0.897 bits per heavy atom. The summed E-state index contributed by atoms with van der Waals surface area (Å²) in [5, 5.41) is 8.97. The minimum atomic E-state index is -0.102. The van der Waals surface area contributed by atoms with E-state index in [1.165, 1.54) is 0 Å². The lowest BCUT2D eigenvalue weighted by atomic mass is 10.4. The molecule has 58 heavy (non-hydrogen) atoms. The van der Waals surface area contributed by atoms with Gasteiger partial charge in [0, 0.05) is 37.4 Å². The van der Waals surface area contributed by atoms with Crippen molar-refractivity contribution in [1.29, 1.82) is 0 Å². The summed E-state index contributed by atoms with van der Waals surface area (Å²) in [5.41, 5.74) is 8.15. The van der Waals surface area contributed by atoms with Crippen LogP contribution in [0.4, 0.5) is 0 Å². The highest BCUT2D eigenvalue weighted by Crippen LogP contribution is 1.90. The van der Waals surface area contributed by atoms with Crippen molar-refractivity contribution in [2.75, 3.05) is 205 Å². The highest BCUT2D eigenvalue weighted by Gasteiger charge is 2.02. The number of amides is 2. The second kappa shape index (κ2) is 50.8. The molecule has 21 heteroatoms. The molecular weight excluding hydrogens is 770 g/mol. The lowest BCUT2D eigenvalue weighted by molar-refractivity contribution is -0.123. The molecule has 0 saturated heterocycles. The van der Waals surface area contributed by atoms with E-state index in [-0.39, 0.29) is 18.2 Å². The molecule has 0 radical (unpaired) electrons. The fourth-order valence-corrected chi connectivity index (χ4v) is 4.03. The number of carbonyl (C=O) groups excluding carboxylic acids is 2. The number of hydrogen-bond acceptors (Lipinski definition) is 17. The quantitative estimate of drug-likeness (QED) is 0.0375. The summed E-state index contributed by atoms with van der Waals surface area (Å²) in [6.07, 6.45) is 1.54. The summed E-state index contributed by atoms with van der Waals surface area (Å²) in [6, 6.07) is 0. The number of rotatable bonds is 50. The van der Waals surface area contributed by atoms with Gasteiger partial charge in [-0.15, -0.1) is 0 Å². The van der Waals surface area contributed by atoms with Crippen molar-refractivity contribution in [2.24, 2.45) is 5.11 Å². The van der Waals surface area contributed by atoms with E-state index in [2.05, 4.69) is 20.7 Å². The van der Waals surface area contributed by atoms with Gasteiger partial charge >= 0.3 is 0 Å². The number of ether oxygens (including phenoxy) is 14. The molecular formula is C37H73N5O16. The Labute approximate surface area is 344 Å². The minimum absolute atomic E-state index is 0.00600. The SMILES string of the molecule is CCCNC(=O)CCOCCOCCOCCOCCOCCOCCNC(=O)CCOCCOCCOCCOCCOCCOCCOCCOCCN=[N+]=[N-]. The second-order valence-electron chi connectivity index (χ2n) is 11.7. The Kier molecular flexibility index (Phi) is 48.8. The molecule has 0 aliphatic rings. The van der Waals surface area contributed by atoms with Gasteiger partial charge in [0.2, 0.25) is 11.8 Å². The van der Waals surface area contributed by atoms with E-state index in [1.807, 2.05) is 6.92 Å². The molecule has 0 unspecified atom stereocenters. The predicted octanol–water partition coefficient (Wildman–Crippen LogP) is 0.952. The molecule has 0 aromatic heterocycles. The highest BCUT2D eigenvalue weighted by molar-refractivity contribution is 5.76. The van der Waals surface area contributed by atoms with Crippen LogP contribution in [0, 0.1) is 0 Å². The fourth-order valence-electron chi connectivity index (χ4n) is 4.03. The van der Waals surface area contributed by atoms with Crippen LogP contribution in [0.25, 0.3) is 10.4 Å². The van der Waals surface area contributed by atoms with Crippen LogP contribution in [0.5, 0.6) is 0 Å². The normalized spacial score (nSPS) is 11.2. The Bertz CT molecular complexity index is 912. The molecule has 0 bridgehead atoms. The van der Waals surface area contributed by atoms with Crippen molar-refractivity contribution in [3.8, 4) is 0 Å². The fraction of sp³-hybridized carbons (Fsp3) is 0.946. The molecule has 0 aromatic carbocycles.